The van der Waals surface area contributed by atoms with Crippen LogP contribution in [0, 0.1) is 0 Å². The smallest absolute Gasteiger partial charge is 0.424 e. The first-order chi connectivity index (χ1) is 7.76. The van der Waals surface area contributed by atoms with Crippen LogP contribution < -0.4 is 0 Å². The lowest BCUT2D eigenvalue weighted by molar-refractivity contribution is -0.163. The lowest BCUT2D eigenvalue weighted by Crippen LogP contribution is -2.31. The molecule has 16 heavy (non-hydrogen) atoms. The molecule has 0 bridgehead atoms. The monoisotopic (exact) mass is 342 g/mol. The zero-order valence-electron chi connectivity index (χ0n) is 9.06. The number of unbranched alkanes of at least 4 members (excludes halogenated alkanes) is 1. The quantitative estimate of drug-likeness (QED) is 0.330. The molecule has 0 spiro atoms. The third-order valence-electron chi connectivity index (χ3n) is 2.66. The third kappa shape index (κ3) is 2.43. The van der Waals surface area contributed by atoms with Gasteiger partial charge in [-0.25, -0.2) is 4.79 Å². The van der Waals surface area contributed by atoms with Gasteiger partial charge in [0, 0.05) is 11.0 Å². The van der Waals surface area contributed by atoms with Crippen LogP contribution in [0.5, 0.6) is 0 Å². The molecule has 6 heteroatoms. The molecule has 5 nitrogen and oxygen atoms in total. The fraction of sp³-hybridized carbons (Fsp3) is 0.900. The molecule has 0 unspecified atom stereocenters. The van der Waals surface area contributed by atoms with Crippen LogP contribution in [0.1, 0.15) is 19.8 Å². The molecule has 0 aromatic rings. The summed E-state index contributed by atoms with van der Waals surface area (Å²) >= 11 is 2.20. The molecule has 0 amide bonds. The van der Waals surface area contributed by atoms with Crippen molar-refractivity contribution in [1.29, 1.82) is 0 Å². The number of halogens is 1. The molecule has 2 heterocycles. The second kappa shape index (κ2) is 5.50. The Morgan fingerprint density at radius 3 is 2.81 bits per heavy atom. The van der Waals surface area contributed by atoms with E-state index in [9.17, 15) is 4.79 Å². The Morgan fingerprint density at radius 1 is 1.38 bits per heavy atom. The van der Waals surface area contributed by atoms with Gasteiger partial charge in [0.05, 0.1) is 0 Å². The van der Waals surface area contributed by atoms with E-state index >= 15 is 0 Å². The van der Waals surface area contributed by atoms with E-state index in [0.717, 1.165) is 17.3 Å². The van der Waals surface area contributed by atoms with Crippen LogP contribution in [0.4, 0.5) is 4.79 Å². The minimum Gasteiger partial charge on any atom is -0.424 e. The standard InChI is InChI=1S/C10H15IO5/c1-2-3-4-13-9-8-7(6(5-11)14-9)15-10(12)16-8/h6-9H,2-5H2,1H3/t6-,7-,8-,9-/m1/s1. The molecule has 4 atom stereocenters. The highest BCUT2D eigenvalue weighted by Crippen LogP contribution is 2.33. The van der Waals surface area contributed by atoms with Crippen molar-refractivity contribution in [3.8, 4) is 0 Å². The number of carbonyl (C=O) groups is 1. The summed E-state index contributed by atoms with van der Waals surface area (Å²) in [6, 6.07) is 0. The van der Waals surface area contributed by atoms with Gasteiger partial charge in [0.25, 0.3) is 0 Å². The van der Waals surface area contributed by atoms with Crippen molar-refractivity contribution in [2.75, 3.05) is 11.0 Å². The normalized spacial score (nSPS) is 37.0. The predicted octanol–water partition coefficient (Wildman–Crippen LogP) is 1.87. The topological polar surface area (TPSA) is 54.0 Å². The Labute approximate surface area is 108 Å². The number of fused-ring (bicyclic) bond motifs is 1. The average molecular weight is 342 g/mol. The molecule has 2 fully saturated rings. The average Bonchev–Trinajstić information content (AvgIpc) is 2.77. The van der Waals surface area contributed by atoms with Crippen LogP contribution in [0.3, 0.4) is 0 Å². The Bertz CT molecular complexity index is 260. The van der Waals surface area contributed by atoms with E-state index in [4.69, 9.17) is 18.9 Å². The van der Waals surface area contributed by atoms with Gasteiger partial charge in [0.1, 0.15) is 6.10 Å². The Morgan fingerprint density at radius 2 is 2.12 bits per heavy atom. The molecule has 0 radical (unpaired) electrons. The first-order valence-electron chi connectivity index (χ1n) is 5.46. The molecule has 2 saturated heterocycles. The number of carbonyl (C=O) groups excluding carboxylic acids is 1. The summed E-state index contributed by atoms with van der Waals surface area (Å²) in [6.45, 7) is 2.71. The molecule has 0 N–H and O–H groups in total. The zero-order valence-corrected chi connectivity index (χ0v) is 11.2. The van der Waals surface area contributed by atoms with Crippen LogP contribution in [-0.2, 0) is 18.9 Å². The Kier molecular flexibility index (Phi) is 4.26. The number of hydrogen-bond acceptors (Lipinski definition) is 5. The minimum absolute atomic E-state index is 0.122. The fourth-order valence-electron chi connectivity index (χ4n) is 1.81. The summed E-state index contributed by atoms with van der Waals surface area (Å²) in [6.07, 6.45) is 0.122. The summed E-state index contributed by atoms with van der Waals surface area (Å²) in [5.41, 5.74) is 0. The molecular formula is C10H15IO5. The second-order valence-electron chi connectivity index (χ2n) is 3.84. The first-order valence-corrected chi connectivity index (χ1v) is 6.99. The molecular weight excluding hydrogens is 327 g/mol. The summed E-state index contributed by atoms with van der Waals surface area (Å²) in [4.78, 5) is 11.0. The van der Waals surface area contributed by atoms with Gasteiger partial charge < -0.3 is 18.9 Å². The molecule has 0 aromatic heterocycles. The molecule has 92 valence electrons. The van der Waals surface area contributed by atoms with E-state index in [1.54, 1.807) is 0 Å². The predicted molar refractivity (Wildman–Crippen MR) is 63.6 cm³/mol. The van der Waals surface area contributed by atoms with E-state index in [0.29, 0.717) is 6.61 Å². The molecule has 0 aliphatic carbocycles. The maximum atomic E-state index is 11.0. The maximum absolute atomic E-state index is 11.0. The first kappa shape index (κ1) is 12.4. The highest BCUT2D eigenvalue weighted by molar-refractivity contribution is 14.1. The van der Waals surface area contributed by atoms with Gasteiger partial charge in [-0.05, 0) is 6.42 Å². The van der Waals surface area contributed by atoms with Crippen LogP contribution in [-0.4, -0.2) is 41.8 Å². The van der Waals surface area contributed by atoms with Crippen LogP contribution >= 0.6 is 22.6 Å². The lowest BCUT2D eigenvalue weighted by atomic mass is 10.2. The Hall–Kier alpha value is -0.0800. The highest BCUT2D eigenvalue weighted by atomic mass is 127. The lowest BCUT2D eigenvalue weighted by Gasteiger charge is -2.15. The van der Waals surface area contributed by atoms with Gasteiger partial charge in [-0.1, -0.05) is 35.9 Å². The molecule has 0 saturated carbocycles. The summed E-state index contributed by atoms with van der Waals surface area (Å²) in [7, 11) is 0. The van der Waals surface area contributed by atoms with E-state index in [1.165, 1.54) is 0 Å². The zero-order chi connectivity index (χ0) is 11.5. The van der Waals surface area contributed by atoms with Gasteiger partial charge >= 0.3 is 6.16 Å². The number of ether oxygens (including phenoxy) is 4. The SMILES string of the molecule is CCCCO[C@@H]1O[C@H](CI)[C@H]2OC(=O)O[C@@H]12. The van der Waals surface area contributed by atoms with Crippen molar-refractivity contribution in [3.63, 3.8) is 0 Å². The molecule has 2 rings (SSSR count). The highest BCUT2D eigenvalue weighted by Gasteiger charge is 2.54. The van der Waals surface area contributed by atoms with Crippen molar-refractivity contribution in [1.82, 2.24) is 0 Å². The molecule has 0 aromatic carbocycles. The van der Waals surface area contributed by atoms with Crippen LogP contribution in [0.15, 0.2) is 0 Å². The van der Waals surface area contributed by atoms with E-state index in [-0.39, 0.29) is 12.2 Å². The van der Waals surface area contributed by atoms with E-state index < -0.39 is 18.5 Å². The van der Waals surface area contributed by atoms with Crippen molar-refractivity contribution in [3.05, 3.63) is 0 Å². The van der Waals surface area contributed by atoms with Crippen molar-refractivity contribution in [2.24, 2.45) is 0 Å². The second-order valence-corrected chi connectivity index (χ2v) is 4.72. The minimum atomic E-state index is -0.614. The van der Waals surface area contributed by atoms with Crippen molar-refractivity contribution < 1.29 is 23.7 Å². The third-order valence-corrected chi connectivity index (χ3v) is 3.53. The van der Waals surface area contributed by atoms with E-state index in [1.807, 2.05) is 0 Å². The number of hydrogen-bond donors (Lipinski definition) is 0. The number of rotatable bonds is 5. The summed E-state index contributed by atoms with van der Waals surface area (Å²) in [5, 5.41) is 0. The van der Waals surface area contributed by atoms with E-state index in [2.05, 4.69) is 29.5 Å². The summed E-state index contributed by atoms with van der Waals surface area (Å²) < 4.78 is 22.0. The van der Waals surface area contributed by atoms with Gasteiger partial charge in [0.2, 0.25) is 0 Å². The molecule has 2 aliphatic heterocycles. The van der Waals surface area contributed by atoms with Crippen molar-refractivity contribution >= 4 is 28.7 Å². The van der Waals surface area contributed by atoms with Crippen molar-refractivity contribution in [2.45, 2.75) is 44.4 Å². The maximum Gasteiger partial charge on any atom is 0.509 e. The largest absolute Gasteiger partial charge is 0.509 e. The van der Waals surface area contributed by atoms with Gasteiger partial charge in [-0.3, -0.25) is 0 Å². The van der Waals surface area contributed by atoms with Crippen LogP contribution in [0.2, 0.25) is 0 Å². The summed E-state index contributed by atoms with van der Waals surface area (Å²) in [5.74, 6) is 0. The van der Waals surface area contributed by atoms with Gasteiger partial charge in [-0.2, -0.15) is 0 Å². The fourth-order valence-corrected chi connectivity index (χ4v) is 2.52. The van der Waals surface area contributed by atoms with Crippen LogP contribution in [0.25, 0.3) is 0 Å². The van der Waals surface area contributed by atoms with Gasteiger partial charge in [-0.15, -0.1) is 0 Å². The molecule has 2 aliphatic rings. The number of alkyl halides is 1. The van der Waals surface area contributed by atoms with Gasteiger partial charge in [0.15, 0.2) is 18.5 Å². The Balaban J connectivity index is 1.91.